The highest BCUT2D eigenvalue weighted by Gasteiger charge is 2.12. The second-order valence-electron chi connectivity index (χ2n) is 4.97. The number of nitriles is 1. The summed E-state index contributed by atoms with van der Waals surface area (Å²) in [6.45, 7) is 2.30. The van der Waals surface area contributed by atoms with Crippen LogP contribution in [0.4, 0.5) is 0 Å². The summed E-state index contributed by atoms with van der Waals surface area (Å²) in [6.07, 6.45) is 2.82. The van der Waals surface area contributed by atoms with Gasteiger partial charge in [-0.1, -0.05) is 19.1 Å². The van der Waals surface area contributed by atoms with Crippen molar-refractivity contribution in [2.45, 2.75) is 26.3 Å². The zero-order chi connectivity index (χ0) is 15.9. The Bertz CT molecular complexity index is 708. The maximum Gasteiger partial charge on any atom is 0.267 e. The van der Waals surface area contributed by atoms with Gasteiger partial charge in [-0.05, 0) is 30.2 Å². The van der Waals surface area contributed by atoms with Crippen molar-refractivity contribution in [3.8, 4) is 6.07 Å². The Balaban J connectivity index is 1.94. The van der Waals surface area contributed by atoms with Crippen LogP contribution >= 0.6 is 0 Å². The number of ketones is 1. The predicted molar refractivity (Wildman–Crippen MR) is 82.4 cm³/mol. The van der Waals surface area contributed by atoms with Crippen LogP contribution in [0.5, 0.6) is 0 Å². The van der Waals surface area contributed by atoms with Gasteiger partial charge in [0, 0.05) is 24.7 Å². The Morgan fingerprint density at radius 3 is 2.64 bits per heavy atom. The van der Waals surface area contributed by atoms with Gasteiger partial charge in [-0.15, -0.1) is 0 Å². The van der Waals surface area contributed by atoms with Gasteiger partial charge in [0.05, 0.1) is 11.6 Å². The summed E-state index contributed by atoms with van der Waals surface area (Å²) in [5.74, 6) is -0.232. The average molecular weight is 295 g/mol. The number of carbonyl (C=O) groups is 2. The number of hydrogen-bond acceptors (Lipinski definition) is 3. The third kappa shape index (κ3) is 3.83. The first-order valence-corrected chi connectivity index (χ1v) is 7.13. The standard InChI is InChI=1S/C17H17N3O2/c1-2-3-16(21)14-8-15(19-11-14)17(22)20-10-13-6-4-12(9-18)5-7-13/h4-8,11,19H,2-3,10H2,1H3,(H,20,22). The molecule has 1 heterocycles. The number of aromatic amines is 1. The molecule has 0 aliphatic rings. The van der Waals surface area contributed by atoms with E-state index in [0.717, 1.165) is 12.0 Å². The van der Waals surface area contributed by atoms with Gasteiger partial charge in [0.1, 0.15) is 5.69 Å². The van der Waals surface area contributed by atoms with Gasteiger partial charge in [-0.25, -0.2) is 0 Å². The molecule has 2 N–H and O–H groups in total. The second kappa shape index (κ2) is 7.23. The topological polar surface area (TPSA) is 85.8 Å². The van der Waals surface area contributed by atoms with Crippen molar-refractivity contribution in [3.05, 3.63) is 58.9 Å². The molecule has 5 nitrogen and oxygen atoms in total. The molecular weight excluding hydrogens is 278 g/mol. The fraction of sp³-hybridized carbons (Fsp3) is 0.235. The molecule has 0 spiro atoms. The summed E-state index contributed by atoms with van der Waals surface area (Å²) in [5, 5.41) is 11.5. The number of benzene rings is 1. The molecule has 1 aromatic heterocycles. The third-order valence-corrected chi connectivity index (χ3v) is 3.26. The van der Waals surface area contributed by atoms with Crippen LogP contribution in [-0.2, 0) is 6.54 Å². The summed E-state index contributed by atoms with van der Waals surface area (Å²) in [7, 11) is 0. The van der Waals surface area contributed by atoms with Crippen molar-refractivity contribution in [3.63, 3.8) is 0 Å². The molecular formula is C17H17N3O2. The Labute approximate surface area is 129 Å². The Kier molecular flexibility index (Phi) is 5.10. The summed E-state index contributed by atoms with van der Waals surface area (Å²) >= 11 is 0. The van der Waals surface area contributed by atoms with E-state index >= 15 is 0 Å². The van der Waals surface area contributed by atoms with Crippen LogP contribution in [0.1, 0.15) is 51.7 Å². The SMILES string of the molecule is CCCC(=O)c1c[nH]c(C(=O)NCc2ccc(C#N)cc2)c1. The minimum absolute atomic E-state index is 0.0323. The quantitative estimate of drug-likeness (QED) is 0.803. The molecule has 1 amide bonds. The molecule has 5 heteroatoms. The van der Waals surface area contributed by atoms with E-state index in [1.165, 1.54) is 0 Å². The highest BCUT2D eigenvalue weighted by atomic mass is 16.2. The molecule has 0 saturated heterocycles. The number of amides is 1. The van der Waals surface area contributed by atoms with Gasteiger partial charge >= 0.3 is 0 Å². The lowest BCUT2D eigenvalue weighted by Crippen LogP contribution is -2.23. The first-order chi connectivity index (χ1) is 10.6. The highest BCUT2D eigenvalue weighted by molar-refractivity contribution is 6.00. The predicted octanol–water partition coefficient (Wildman–Crippen LogP) is 2.80. The average Bonchev–Trinajstić information content (AvgIpc) is 3.03. The van der Waals surface area contributed by atoms with Gasteiger partial charge in [-0.3, -0.25) is 9.59 Å². The summed E-state index contributed by atoms with van der Waals surface area (Å²) < 4.78 is 0. The Hall–Kier alpha value is -2.87. The fourth-order valence-electron chi connectivity index (χ4n) is 2.03. The van der Waals surface area contributed by atoms with Crippen LogP contribution in [0.25, 0.3) is 0 Å². The first-order valence-electron chi connectivity index (χ1n) is 7.13. The lowest BCUT2D eigenvalue weighted by atomic mass is 10.1. The summed E-state index contributed by atoms with van der Waals surface area (Å²) in [6, 6.07) is 10.6. The monoisotopic (exact) mass is 295 g/mol. The number of nitrogens with one attached hydrogen (secondary N) is 2. The summed E-state index contributed by atoms with van der Waals surface area (Å²) in [4.78, 5) is 26.6. The van der Waals surface area contributed by atoms with E-state index in [0.29, 0.717) is 29.8 Å². The minimum atomic E-state index is -0.264. The van der Waals surface area contributed by atoms with Crippen molar-refractivity contribution in [1.82, 2.24) is 10.3 Å². The first kappa shape index (κ1) is 15.5. The van der Waals surface area contributed by atoms with Gasteiger partial charge in [-0.2, -0.15) is 5.26 Å². The number of nitrogens with zero attached hydrogens (tertiary/aromatic N) is 1. The lowest BCUT2D eigenvalue weighted by Gasteiger charge is -2.04. The molecule has 112 valence electrons. The van der Waals surface area contributed by atoms with E-state index in [4.69, 9.17) is 5.26 Å². The highest BCUT2D eigenvalue weighted by Crippen LogP contribution is 2.09. The fourth-order valence-corrected chi connectivity index (χ4v) is 2.03. The van der Waals surface area contributed by atoms with Crippen LogP contribution < -0.4 is 5.32 Å². The van der Waals surface area contributed by atoms with E-state index in [1.807, 2.05) is 13.0 Å². The number of aromatic nitrogens is 1. The Morgan fingerprint density at radius 2 is 2.00 bits per heavy atom. The smallest absolute Gasteiger partial charge is 0.267 e. The molecule has 2 aromatic rings. The van der Waals surface area contributed by atoms with Crippen molar-refractivity contribution in [2.75, 3.05) is 0 Å². The second-order valence-corrected chi connectivity index (χ2v) is 4.97. The number of rotatable bonds is 6. The maximum atomic E-state index is 12.0. The molecule has 0 saturated carbocycles. The van der Waals surface area contributed by atoms with E-state index in [1.54, 1.807) is 36.5 Å². The van der Waals surface area contributed by atoms with E-state index in [-0.39, 0.29) is 11.7 Å². The molecule has 0 atom stereocenters. The van der Waals surface area contributed by atoms with Gasteiger partial charge in [0.15, 0.2) is 5.78 Å². The van der Waals surface area contributed by atoms with Crippen LogP contribution in [0, 0.1) is 11.3 Å². The third-order valence-electron chi connectivity index (χ3n) is 3.26. The summed E-state index contributed by atoms with van der Waals surface area (Å²) in [5.41, 5.74) is 2.39. The molecule has 22 heavy (non-hydrogen) atoms. The van der Waals surface area contributed by atoms with Gasteiger partial charge in [0.25, 0.3) is 5.91 Å². The van der Waals surface area contributed by atoms with Crippen molar-refractivity contribution in [1.29, 1.82) is 5.26 Å². The molecule has 0 bridgehead atoms. The van der Waals surface area contributed by atoms with Crippen LogP contribution in [0.2, 0.25) is 0 Å². The van der Waals surface area contributed by atoms with Crippen LogP contribution in [-0.4, -0.2) is 16.7 Å². The van der Waals surface area contributed by atoms with Crippen molar-refractivity contribution >= 4 is 11.7 Å². The molecule has 0 aliphatic heterocycles. The minimum Gasteiger partial charge on any atom is -0.356 e. The van der Waals surface area contributed by atoms with Gasteiger partial charge in [0.2, 0.25) is 0 Å². The number of Topliss-reactive ketones (excluding diaryl/α,β-unsaturated/α-hetero) is 1. The molecule has 0 unspecified atom stereocenters. The van der Waals surface area contributed by atoms with Gasteiger partial charge < -0.3 is 10.3 Å². The molecule has 1 aromatic carbocycles. The van der Waals surface area contributed by atoms with E-state index in [2.05, 4.69) is 10.3 Å². The van der Waals surface area contributed by atoms with Crippen molar-refractivity contribution < 1.29 is 9.59 Å². The van der Waals surface area contributed by atoms with E-state index < -0.39 is 0 Å². The zero-order valence-corrected chi connectivity index (χ0v) is 12.3. The maximum absolute atomic E-state index is 12.0. The van der Waals surface area contributed by atoms with E-state index in [9.17, 15) is 9.59 Å². The molecule has 0 radical (unpaired) electrons. The van der Waals surface area contributed by atoms with Crippen LogP contribution in [0.15, 0.2) is 36.5 Å². The Morgan fingerprint density at radius 1 is 1.27 bits per heavy atom. The molecule has 2 rings (SSSR count). The number of H-pyrrole nitrogens is 1. The number of hydrogen-bond donors (Lipinski definition) is 2. The van der Waals surface area contributed by atoms with Crippen molar-refractivity contribution in [2.24, 2.45) is 0 Å². The lowest BCUT2D eigenvalue weighted by molar-refractivity contribution is 0.0946. The van der Waals surface area contributed by atoms with Crippen LogP contribution in [0.3, 0.4) is 0 Å². The molecule has 0 fully saturated rings. The number of carbonyl (C=O) groups excluding carboxylic acids is 2. The normalized spacial score (nSPS) is 10.0. The zero-order valence-electron chi connectivity index (χ0n) is 12.3. The molecule has 0 aliphatic carbocycles. The largest absolute Gasteiger partial charge is 0.356 e.